The van der Waals surface area contributed by atoms with Gasteiger partial charge in [-0.25, -0.2) is 4.98 Å². The zero-order valence-corrected chi connectivity index (χ0v) is 14.6. The zero-order valence-electron chi connectivity index (χ0n) is 14.6. The molecule has 2 heterocycles. The van der Waals surface area contributed by atoms with Crippen LogP contribution in [0.3, 0.4) is 0 Å². The van der Waals surface area contributed by atoms with Crippen molar-refractivity contribution in [2.24, 2.45) is 0 Å². The largest absolute Gasteiger partial charge is 0.468 e. The van der Waals surface area contributed by atoms with Crippen LogP contribution in [0, 0.1) is 6.92 Å². The van der Waals surface area contributed by atoms with Gasteiger partial charge in [0, 0.05) is 29.5 Å². The molecule has 0 fully saturated rings. The summed E-state index contributed by atoms with van der Waals surface area (Å²) in [4.78, 5) is 16.1. The van der Waals surface area contributed by atoms with Gasteiger partial charge in [-0.2, -0.15) is 13.2 Å². The molecule has 0 bridgehead atoms. The summed E-state index contributed by atoms with van der Waals surface area (Å²) < 4.78 is 43.6. The molecule has 2 aromatic heterocycles. The number of hydrogen-bond acceptors (Lipinski definition) is 3. The van der Waals surface area contributed by atoms with Gasteiger partial charge in [-0.05, 0) is 30.5 Å². The molecule has 0 aliphatic carbocycles. The van der Waals surface area contributed by atoms with Crippen LogP contribution in [-0.4, -0.2) is 28.2 Å². The van der Waals surface area contributed by atoms with Crippen molar-refractivity contribution >= 4 is 16.8 Å². The van der Waals surface area contributed by atoms with E-state index in [1.165, 1.54) is 6.20 Å². The quantitative estimate of drug-likeness (QED) is 0.714. The number of halogens is 3. The van der Waals surface area contributed by atoms with Gasteiger partial charge in [-0.15, -0.1) is 0 Å². The first kappa shape index (κ1) is 18.8. The van der Waals surface area contributed by atoms with Crippen molar-refractivity contribution in [3.8, 4) is 5.88 Å². The van der Waals surface area contributed by atoms with Crippen LogP contribution in [-0.2, 0) is 17.9 Å². The van der Waals surface area contributed by atoms with Gasteiger partial charge in [0.25, 0.3) is 0 Å². The molecule has 0 spiro atoms. The second kappa shape index (κ2) is 7.69. The van der Waals surface area contributed by atoms with Crippen LogP contribution in [0.25, 0.3) is 10.9 Å². The average molecular weight is 377 g/mol. The van der Waals surface area contributed by atoms with Crippen LogP contribution in [0.15, 0.2) is 48.7 Å². The van der Waals surface area contributed by atoms with E-state index in [1.54, 1.807) is 12.1 Å². The summed E-state index contributed by atoms with van der Waals surface area (Å²) in [5, 5.41) is 3.75. The first-order valence-electron chi connectivity index (χ1n) is 8.28. The SMILES string of the molecule is Cc1cc2ccccc2n1CC(=O)NCc1cccnc1OCC(F)(F)F. The summed E-state index contributed by atoms with van der Waals surface area (Å²) in [5.74, 6) is -0.400. The average Bonchev–Trinajstić information content (AvgIpc) is 2.94. The van der Waals surface area contributed by atoms with Crippen LogP contribution in [0.1, 0.15) is 11.3 Å². The Bertz CT molecular complexity index is 951. The first-order chi connectivity index (χ1) is 12.8. The topological polar surface area (TPSA) is 56.2 Å². The molecule has 0 aliphatic heterocycles. The lowest BCUT2D eigenvalue weighted by molar-refractivity contribution is -0.154. The van der Waals surface area contributed by atoms with E-state index in [2.05, 4.69) is 10.3 Å². The van der Waals surface area contributed by atoms with Crippen LogP contribution >= 0.6 is 0 Å². The number of ether oxygens (including phenoxy) is 1. The van der Waals surface area contributed by atoms with Gasteiger partial charge >= 0.3 is 6.18 Å². The number of fused-ring (bicyclic) bond motifs is 1. The third kappa shape index (κ3) is 4.78. The lowest BCUT2D eigenvalue weighted by atomic mass is 10.2. The number of amides is 1. The molecule has 0 atom stereocenters. The molecular weight excluding hydrogens is 359 g/mol. The molecule has 8 heteroatoms. The molecule has 1 N–H and O–H groups in total. The number of carbonyl (C=O) groups is 1. The van der Waals surface area contributed by atoms with E-state index in [4.69, 9.17) is 4.74 Å². The molecule has 27 heavy (non-hydrogen) atoms. The monoisotopic (exact) mass is 377 g/mol. The van der Waals surface area contributed by atoms with Gasteiger partial charge in [0.1, 0.15) is 6.54 Å². The lowest BCUT2D eigenvalue weighted by Gasteiger charge is -2.13. The summed E-state index contributed by atoms with van der Waals surface area (Å²) >= 11 is 0. The molecule has 3 rings (SSSR count). The minimum Gasteiger partial charge on any atom is -0.468 e. The third-order valence-electron chi connectivity index (χ3n) is 4.02. The fourth-order valence-corrected chi connectivity index (χ4v) is 2.79. The molecule has 5 nitrogen and oxygen atoms in total. The highest BCUT2D eigenvalue weighted by atomic mass is 19.4. The van der Waals surface area contributed by atoms with E-state index in [0.717, 1.165) is 16.6 Å². The van der Waals surface area contributed by atoms with Crippen LogP contribution in [0.2, 0.25) is 0 Å². The molecule has 3 aromatic rings. The minimum absolute atomic E-state index is 0.0259. The van der Waals surface area contributed by atoms with Gasteiger partial charge in [0.2, 0.25) is 11.8 Å². The molecule has 142 valence electrons. The van der Waals surface area contributed by atoms with Crippen molar-refractivity contribution in [2.45, 2.75) is 26.2 Å². The highest BCUT2D eigenvalue weighted by molar-refractivity contribution is 5.84. The summed E-state index contributed by atoms with van der Waals surface area (Å²) in [7, 11) is 0. The van der Waals surface area contributed by atoms with Crippen LogP contribution < -0.4 is 10.1 Å². The number of benzene rings is 1. The Hall–Kier alpha value is -3.03. The van der Waals surface area contributed by atoms with E-state index in [0.29, 0.717) is 5.56 Å². The number of hydrogen-bond donors (Lipinski definition) is 1. The first-order valence-corrected chi connectivity index (χ1v) is 8.28. The molecule has 0 aliphatic rings. The van der Waals surface area contributed by atoms with E-state index >= 15 is 0 Å². The number of nitrogens with one attached hydrogen (secondary N) is 1. The van der Waals surface area contributed by atoms with Crippen molar-refractivity contribution in [2.75, 3.05) is 6.61 Å². The maximum absolute atomic E-state index is 12.3. The Morgan fingerprint density at radius 1 is 1.22 bits per heavy atom. The van der Waals surface area contributed by atoms with Crippen molar-refractivity contribution in [3.05, 3.63) is 59.9 Å². The Morgan fingerprint density at radius 2 is 2.00 bits per heavy atom. The van der Waals surface area contributed by atoms with E-state index in [9.17, 15) is 18.0 Å². The molecule has 0 unspecified atom stereocenters. The normalized spacial score (nSPS) is 11.6. The zero-order chi connectivity index (χ0) is 19.4. The molecular formula is C19H18F3N3O2. The highest BCUT2D eigenvalue weighted by Gasteiger charge is 2.29. The summed E-state index contributed by atoms with van der Waals surface area (Å²) in [6.07, 6.45) is -3.11. The second-order valence-corrected chi connectivity index (χ2v) is 6.08. The molecule has 0 saturated carbocycles. The summed E-state index contributed by atoms with van der Waals surface area (Å²) in [5.41, 5.74) is 2.27. The Balaban J connectivity index is 1.65. The lowest BCUT2D eigenvalue weighted by Crippen LogP contribution is -2.28. The number of aromatic nitrogens is 2. The number of nitrogens with zero attached hydrogens (tertiary/aromatic N) is 2. The second-order valence-electron chi connectivity index (χ2n) is 6.08. The van der Waals surface area contributed by atoms with Gasteiger partial charge in [-0.3, -0.25) is 4.79 Å². The van der Waals surface area contributed by atoms with Gasteiger partial charge < -0.3 is 14.6 Å². The van der Waals surface area contributed by atoms with Crippen molar-refractivity contribution in [1.82, 2.24) is 14.9 Å². The maximum Gasteiger partial charge on any atom is 0.422 e. The Labute approximate surface area is 153 Å². The van der Waals surface area contributed by atoms with E-state index in [1.807, 2.05) is 41.8 Å². The number of pyridine rings is 1. The molecule has 1 amide bonds. The molecule has 0 radical (unpaired) electrons. The Morgan fingerprint density at radius 3 is 2.78 bits per heavy atom. The Kier molecular flexibility index (Phi) is 5.34. The maximum atomic E-state index is 12.3. The molecule has 0 saturated heterocycles. The fourth-order valence-electron chi connectivity index (χ4n) is 2.79. The van der Waals surface area contributed by atoms with Gasteiger partial charge in [-0.1, -0.05) is 24.3 Å². The van der Waals surface area contributed by atoms with E-state index in [-0.39, 0.29) is 24.9 Å². The highest BCUT2D eigenvalue weighted by Crippen LogP contribution is 2.21. The summed E-state index contributed by atoms with van der Waals surface area (Å²) in [6.45, 7) is 0.619. The molecule has 1 aromatic carbocycles. The van der Waals surface area contributed by atoms with Crippen molar-refractivity contribution < 1.29 is 22.7 Å². The third-order valence-corrected chi connectivity index (χ3v) is 4.02. The fraction of sp³-hybridized carbons (Fsp3) is 0.263. The number of rotatable bonds is 6. The number of alkyl halides is 3. The smallest absolute Gasteiger partial charge is 0.422 e. The van der Waals surface area contributed by atoms with E-state index < -0.39 is 12.8 Å². The van der Waals surface area contributed by atoms with Gasteiger partial charge in [0.05, 0.1) is 0 Å². The summed E-state index contributed by atoms with van der Waals surface area (Å²) in [6, 6.07) is 12.9. The number of para-hydroxylation sites is 1. The van der Waals surface area contributed by atoms with Crippen LogP contribution in [0.5, 0.6) is 5.88 Å². The van der Waals surface area contributed by atoms with Crippen molar-refractivity contribution in [1.29, 1.82) is 0 Å². The number of aryl methyl sites for hydroxylation is 1. The van der Waals surface area contributed by atoms with Crippen LogP contribution in [0.4, 0.5) is 13.2 Å². The number of carbonyl (C=O) groups excluding carboxylic acids is 1. The standard InChI is InChI=1S/C19H18F3N3O2/c1-13-9-14-5-2-3-7-16(14)25(13)11-17(26)24-10-15-6-4-8-23-18(15)27-12-19(20,21)22/h2-9H,10-12H2,1H3,(H,24,26). The predicted molar refractivity (Wildman–Crippen MR) is 94.3 cm³/mol. The van der Waals surface area contributed by atoms with Gasteiger partial charge in [0.15, 0.2) is 6.61 Å². The predicted octanol–water partition coefficient (Wildman–Crippen LogP) is 3.60. The van der Waals surface area contributed by atoms with Crippen molar-refractivity contribution in [3.63, 3.8) is 0 Å². The minimum atomic E-state index is -4.45.